The lowest BCUT2D eigenvalue weighted by Crippen LogP contribution is -2.55. The van der Waals surface area contributed by atoms with Gasteiger partial charge in [0.25, 0.3) is 0 Å². The summed E-state index contributed by atoms with van der Waals surface area (Å²) in [4.78, 5) is 36.8. The lowest BCUT2D eigenvalue weighted by molar-refractivity contribution is -0.889. The average Bonchev–Trinajstić information content (AvgIpc) is 3.12. The van der Waals surface area contributed by atoms with Crippen molar-refractivity contribution in [2.45, 2.75) is 187 Å². The molecule has 0 N–H and O–H groups in total. The third-order valence-electron chi connectivity index (χ3n) is 9.48. The van der Waals surface area contributed by atoms with Gasteiger partial charge in [-0.2, -0.15) is 0 Å². The minimum absolute atomic E-state index is 0.0284. The molecular formula is C46H81NO7. The number of aliphatic carboxylic acids is 1. The number of esters is 2. The number of quaternary nitrogens is 1. The summed E-state index contributed by atoms with van der Waals surface area (Å²) in [6, 6.07) is -0.731. The molecule has 0 rings (SSSR count). The van der Waals surface area contributed by atoms with Crippen LogP contribution >= 0.6 is 0 Å². The van der Waals surface area contributed by atoms with Crippen LogP contribution in [0.15, 0.2) is 48.6 Å². The van der Waals surface area contributed by atoms with Gasteiger partial charge < -0.3 is 28.6 Å². The summed E-state index contributed by atoms with van der Waals surface area (Å²) < 4.78 is 17.1. The molecule has 0 saturated heterocycles. The zero-order valence-electron chi connectivity index (χ0n) is 35.4. The molecule has 0 bridgehead atoms. The number of unbranched alkanes of at least 4 members (excludes halogenated alkanes) is 16. The fourth-order valence-corrected chi connectivity index (χ4v) is 6.12. The molecule has 0 spiro atoms. The lowest BCUT2D eigenvalue weighted by atomic mass is 10.0. The third-order valence-corrected chi connectivity index (χ3v) is 9.48. The first-order valence-corrected chi connectivity index (χ1v) is 21.7. The molecule has 54 heavy (non-hydrogen) atoms. The van der Waals surface area contributed by atoms with E-state index in [4.69, 9.17) is 14.2 Å². The molecule has 0 amide bonds. The Morgan fingerprint density at radius 3 is 1.54 bits per heavy atom. The minimum atomic E-state index is -1.13. The van der Waals surface area contributed by atoms with Crippen molar-refractivity contribution >= 4 is 17.9 Å². The second-order valence-electron chi connectivity index (χ2n) is 15.6. The molecule has 8 nitrogen and oxygen atoms in total. The zero-order chi connectivity index (χ0) is 40.0. The fraction of sp³-hybridized carbons (Fsp3) is 0.761. The summed E-state index contributed by atoms with van der Waals surface area (Å²) in [5.41, 5.74) is 0. The number of rotatable bonds is 38. The van der Waals surface area contributed by atoms with Crippen molar-refractivity contribution < 1.29 is 38.2 Å². The summed E-state index contributed by atoms with van der Waals surface area (Å²) >= 11 is 0. The quantitative estimate of drug-likeness (QED) is 0.0267. The van der Waals surface area contributed by atoms with Crippen molar-refractivity contribution in [2.24, 2.45) is 0 Å². The van der Waals surface area contributed by atoms with Crippen molar-refractivity contribution in [3.63, 3.8) is 0 Å². The molecule has 8 heteroatoms. The highest BCUT2D eigenvalue weighted by Crippen LogP contribution is 2.14. The molecule has 0 aromatic heterocycles. The maximum Gasteiger partial charge on any atom is 0.306 e. The van der Waals surface area contributed by atoms with Gasteiger partial charge >= 0.3 is 11.9 Å². The van der Waals surface area contributed by atoms with E-state index < -0.39 is 18.1 Å². The Hall–Kier alpha value is -2.71. The Bertz CT molecular complexity index is 1030. The number of carboxylic acid groups (broad SMARTS) is 1. The van der Waals surface area contributed by atoms with Crippen LogP contribution in [-0.4, -0.2) is 75.5 Å². The van der Waals surface area contributed by atoms with Crippen LogP contribution in [0, 0.1) is 0 Å². The van der Waals surface area contributed by atoms with Crippen LogP contribution in [0.25, 0.3) is 0 Å². The number of likely N-dealkylation sites (N-methyl/N-ethyl adjacent to an activating group) is 1. The van der Waals surface area contributed by atoms with Crippen LogP contribution in [-0.2, 0) is 28.6 Å². The summed E-state index contributed by atoms with van der Waals surface area (Å²) in [7, 11) is 5.39. The molecule has 0 heterocycles. The lowest BCUT2D eigenvalue weighted by Gasteiger charge is -2.34. The van der Waals surface area contributed by atoms with Crippen molar-refractivity contribution in [1.82, 2.24) is 0 Å². The minimum Gasteiger partial charge on any atom is -0.544 e. The normalized spacial score (nSPS) is 13.4. The maximum atomic E-state index is 12.7. The Labute approximate surface area is 331 Å². The van der Waals surface area contributed by atoms with Gasteiger partial charge in [0.1, 0.15) is 12.6 Å². The van der Waals surface area contributed by atoms with E-state index in [1.165, 1.54) is 70.6 Å². The predicted octanol–water partition coefficient (Wildman–Crippen LogP) is 10.3. The van der Waals surface area contributed by atoms with Crippen molar-refractivity contribution in [3.8, 4) is 0 Å². The molecule has 0 saturated carbocycles. The molecular weight excluding hydrogens is 679 g/mol. The fourth-order valence-electron chi connectivity index (χ4n) is 6.12. The van der Waals surface area contributed by atoms with Crippen LogP contribution in [0.1, 0.15) is 174 Å². The molecule has 0 radical (unpaired) electrons. The Morgan fingerprint density at radius 2 is 1.04 bits per heavy atom. The van der Waals surface area contributed by atoms with Crippen LogP contribution in [0.4, 0.5) is 0 Å². The van der Waals surface area contributed by atoms with E-state index in [0.717, 1.165) is 70.6 Å². The molecule has 0 aliphatic carbocycles. The van der Waals surface area contributed by atoms with Gasteiger partial charge in [-0.1, -0.05) is 152 Å². The van der Waals surface area contributed by atoms with Crippen LogP contribution in [0.2, 0.25) is 0 Å². The molecule has 0 fully saturated rings. The van der Waals surface area contributed by atoms with Gasteiger partial charge in [0.15, 0.2) is 6.10 Å². The number of allylic oxidation sites excluding steroid dienone is 8. The molecule has 312 valence electrons. The first-order chi connectivity index (χ1) is 26.1. The summed E-state index contributed by atoms with van der Waals surface area (Å²) in [6.07, 6.45) is 42.7. The topological polar surface area (TPSA) is 102 Å². The van der Waals surface area contributed by atoms with E-state index >= 15 is 0 Å². The Kier molecular flexibility index (Phi) is 35.4. The standard InChI is InChI=1S/C46H81NO7/c1-6-8-10-12-14-16-18-20-22-23-25-27-29-31-33-35-37-45(49)54-42(40-52-39-38-43(46(50)51)47(3,4)5)41-53-44(48)36-34-32-30-28-26-24-21-19-17-15-13-11-9-7-2/h8,10,14,16,20,22,25,27,42-43H,6-7,9,11-13,15,17-19,21,23-24,26,28-41H2,1-5H3/b10-8+,16-14+,22-20+,27-25+. The van der Waals surface area contributed by atoms with E-state index in [0.29, 0.717) is 6.42 Å². The third kappa shape index (κ3) is 35.0. The second-order valence-corrected chi connectivity index (χ2v) is 15.6. The van der Waals surface area contributed by atoms with E-state index in [1.807, 2.05) is 0 Å². The van der Waals surface area contributed by atoms with E-state index in [-0.39, 0.29) is 49.1 Å². The van der Waals surface area contributed by atoms with Gasteiger partial charge in [-0.25, -0.2) is 0 Å². The number of hydrogen-bond donors (Lipinski definition) is 0. The van der Waals surface area contributed by atoms with Gasteiger partial charge in [-0.3, -0.25) is 9.59 Å². The number of ether oxygens (including phenoxy) is 3. The average molecular weight is 760 g/mol. The number of nitrogens with zero attached hydrogens (tertiary/aromatic N) is 1. The molecule has 2 unspecified atom stereocenters. The number of carbonyl (C=O) groups excluding carboxylic acids is 3. The van der Waals surface area contributed by atoms with Crippen LogP contribution in [0.3, 0.4) is 0 Å². The van der Waals surface area contributed by atoms with Gasteiger partial charge in [0.05, 0.1) is 40.3 Å². The molecule has 0 aliphatic rings. The van der Waals surface area contributed by atoms with Crippen LogP contribution < -0.4 is 5.11 Å². The molecule has 0 aliphatic heterocycles. The summed E-state index contributed by atoms with van der Waals surface area (Å²) in [5.74, 6) is -1.77. The largest absolute Gasteiger partial charge is 0.544 e. The Morgan fingerprint density at radius 1 is 0.574 bits per heavy atom. The molecule has 0 aromatic carbocycles. The SMILES string of the molecule is CC/C=C/C/C=C/C/C=C/C/C=C/CCCCCC(=O)OC(COCCC(C(=O)[O-])[N+](C)(C)C)COC(=O)CCCCCCCCCCCCCCCC. The van der Waals surface area contributed by atoms with Crippen molar-refractivity contribution in [3.05, 3.63) is 48.6 Å². The highest BCUT2D eigenvalue weighted by molar-refractivity contribution is 5.70. The monoisotopic (exact) mass is 760 g/mol. The molecule has 2 atom stereocenters. The van der Waals surface area contributed by atoms with E-state index in [1.54, 1.807) is 21.1 Å². The van der Waals surface area contributed by atoms with Gasteiger partial charge in [0.2, 0.25) is 0 Å². The predicted molar refractivity (Wildman–Crippen MR) is 222 cm³/mol. The first kappa shape index (κ1) is 51.3. The van der Waals surface area contributed by atoms with E-state index in [9.17, 15) is 19.5 Å². The smallest absolute Gasteiger partial charge is 0.306 e. The highest BCUT2D eigenvalue weighted by Gasteiger charge is 2.25. The molecule has 0 aromatic rings. The zero-order valence-corrected chi connectivity index (χ0v) is 35.4. The van der Waals surface area contributed by atoms with Gasteiger partial charge in [0, 0.05) is 19.3 Å². The van der Waals surface area contributed by atoms with Crippen molar-refractivity contribution in [1.29, 1.82) is 0 Å². The van der Waals surface area contributed by atoms with E-state index in [2.05, 4.69) is 62.5 Å². The van der Waals surface area contributed by atoms with Gasteiger partial charge in [-0.05, 0) is 51.4 Å². The number of carbonyl (C=O) groups is 3. The maximum absolute atomic E-state index is 12.7. The Balaban J connectivity index is 4.41. The summed E-state index contributed by atoms with van der Waals surface area (Å²) in [6.45, 7) is 4.51. The number of carboxylic acids is 1. The second kappa shape index (κ2) is 37.2. The van der Waals surface area contributed by atoms with Crippen molar-refractivity contribution in [2.75, 3.05) is 41.0 Å². The van der Waals surface area contributed by atoms with Crippen LogP contribution in [0.5, 0.6) is 0 Å². The highest BCUT2D eigenvalue weighted by atomic mass is 16.6. The number of hydrogen-bond acceptors (Lipinski definition) is 7. The van der Waals surface area contributed by atoms with Gasteiger partial charge in [-0.15, -0.1) is 0 Å². The summed E-state index contributed by atoms with van der Waals surface area (Å²) in [5, 5.41) is 11.6. The first-order valence-electron chi connectivity index (χ1n) is 21.7.